The highest BCUT2D eigenvalue weighted by molar-refractivity contribution is 8.01. The maximum atomic E-state index is 13.5. The van der Waals surface area contributed by atoms with Gasteiger partial charge in [0.1, 0.15) is 5.75 Å². The fourth-order valence-electron chi connectivity index (χ4n) is 4.73. The Morgan fingerprint density at radius 1 is 1.24 bits per heavy atom. The van der Waals surface area contributed by atoms with Crippen molar-refractivity contribution in [2.45, 2.75) is 22.4 Å². The van der Waals surface area contributed by atoms with Gasteiger partial charge in [0.15, 0.2) is 5.13 Å². The lowest BCUT2D eigenvalue weighted by atomic mass is 9.78. The number of thiophene rings is 1. The number of methoxy groups -OCH3 is 1. The van der Waals surface area contributed by atoms with Gasteiger partial charge in [-0.2, -0.15) is 11.3 Å². The molecule has 3 amide bonds. The summed E-state index contributed by atoms with van der Waals surface area (Å²) in [4.78, 5) is 46.6. The number of anilines is 1. The van der Waals surface area contributed by atoms with E-state index in [9.17, 15) is 14.4 Å². The Morgan fingerprint density at radius 3 is 2.73 bits per heavy atom. The molecule has 11 heteroatoms. The van der Waals surface area contributed by atoms with E-state index in [4.69, 9.17) is 4.74 Å². The van der Waals surface area contributed by atoms with E-state index in [2.05, 4.69) is 16.9 Å². The highest BCUT2D eigenvalue weighted by atomic mass is 32.2. The molecular formula is C26H26N4O4S3. The number of thiazole rings is 1. The summed E-state index contributed by atoms with van der Waals surface area (Å²) < 4.78 is 6.45. The number of hydrogen-bond donors (Lipinski definition) is 1. The van der Waals surface area contributed by atoms with Crippen LogP contribution >= 0.6 is 34.4 Å². The van der Waals surface area contributed by atoms with Gasteiger partial charge in [-0.25, -0.2) is 4.98 Å². The van der Waals surface area contributed by atoms with Crippen LogP contribution in [0.3, 0.4) is 0 Å². The summed E-state index contributed by atoms with van der Waals surface area (Å²) in [5.74, 6) is 0.217. The summed E-state index contributed by atoms with van der Waals surface area (Å²) in [5.41, 5.74) is 2.06. The predicted octanol–water partition coefficient (Wildman–Crippen LogP) is 4.79. The number of benzene rings is 1. The molecule has 4 heterocycles. The largest absolute Gasteiger partial charge is 0.496 e. The Balaban J connectivity index is 1.28. The maximum absolute atomic E-state index is 13.5. The molecule has 1 spiro atoms. The van der Waals surface area contributed by atoms with Crippen molar-refractivity contribution in [2.75, 3.05) is 38.6 Å². The van der Waals surface area contributed by atoms with E-state index in [1.54, 1.807) is 24.8 Å². The molecule has 5 rings (SSSR count). The van der Waals surface area contributed by atoms with Crippen LogP contribution in [-0.2, 0) is 4.79 Å². The zero-order valence-corrected chi connectivity index (χ0v) is 22.9. The summed E-state index contributed by atoms with van der Waals surface area (Å²) in [7, 11) is 1.57. The van der Waals surface area contributed by atoms with Crippen LogP contribution in [0.5, 0.6) is 5.75 Å². The number of nitrogens with zero attached hydrogens (tertiary/aromatic N) is 3. The zero-order valence-electron chi connectivity index (χ0n) is 20.5. The number of likely N-dealkylation sites (tertiary alicyclic amines) is 2. The van der Waals surface area contributed by atoms with Crippen molar-refractivity contribution in [3.63, 3.8) is 0 Å². The van der Waals surface area contributed by atoms with E-state index in [0.717, 1.165) is 21.1 Å². The molecule has 1 aromatic carbocycles. The number of rotatable bonds is 7. The first-order valence-electron chi connectivity index (χ1n) is 11.7. The van der Waals surface area contributed by atoms with Crippen LogP contribution in [0.15, 0.2) is 56.9 Å². The smallest absolute Gasteiger partial charge is 0.258 e. The molecule has 192 valence electrons. The number of ether oxygens (including phenoxy) is 1. The van der Waals surface area contributed by atoms with Gasteiger partial charge in [0.25, 0.3) is 11.8 Å². The number of amides is 3. The first-order valence-corrected chi connectivity index (χ1v) is 14.2. The monoisotopic (exact) mass is 554 g/mol. The van der Waals surface area contributed by atoms with Gasteiger partial charge in [-0.1, -0.05) is 29.7 Å². The lowest BCUT2D eigenvalue weighted by molar-refractivity contribution is -0.125. The third-order valence-electron chi connectivity index (χ3n) is 6.69. The van der Waals surface area contributed by atoms with Crippen LogP contribution < -0.4 is 10.1 Å². The summed E-state index contributed by atoms with van der Waals surface area (Å²) >= 11 is 4.35. The quantitative estimate of drug-likeness (QED) is 0.423. The summed E-state index contributed by atoms with van der Waals surface area (Å²) in [6.07, 6.45) is 3.96. The molecule has 2 saturated heterocycles. The van der Waals surface area contributed by atoms with Crippen molar-refractivity contribution in [3.8, 4) is 5.75 Å². The number of hydrogen-bond acceptors (Lipinski definition) is 8. The third kappa shape index (κ3) is 5.16. The van der Waals surface area contributed by atoms with Crippen molar-refractivity contribution in [1.82, 2.24) is 14.8 Å². The van der Waals surface area contributed by atoms with Crippen LogP contribution in [-0.4, -0.2) is 65.8 Å². The van der Waals surface area contributed by atoms with Crippen molar-refractivity contribution in [3.05, 3.63) is 64.5 Å². The molecule has 0 aliphatic carbocycles. The molecule has 2 fully saturated rings. The van der Waals surface area contributed by atoms with Gasteiger partial charge >= 0.3 is 0 Å². The van der Waals surface area contributed by atoms with Crippen LogP contribution in [0.1, 0.15) is 32.7 Å². The molecule has 2 aliphatic rings. The Kier molecular flexibility index (Phi) is 7.11. The molecule has 0 bridgehead atoms. The number of aryl methyl sites for hydroxylation is 1. The van der Waals surface area contributed by atoms with Crippen LogP contribution in [0.25, 0.3) is 0 Å². The Labute approximate surface area is 227 Å². The van der Waals surface area contributed by atoms with E-state index in [-0.39, 0.29) is 23.1 Å². The second-order valence-electron chi connectivity index (χ2n) is 9.25. The Bertz CT molecular complexity index is 1360. The fourth-order valence-corrected chi connectivity index (χ4v) is 7.30. The highest BCUT2D eigenvalue weighted by Crippen LogP contribution is 2.42. The molecule has 37 heavy (non-hydrogen) atoms. The van der Waals surface area contributed by atoms with Gasteiger partial charge in [-0.15, -0.1) is 0 Å². The maximum Gasteiger partial charge on any atom is 0.258 e. The topological polar surface area (TPSA) is 91.8 Å². The molecule has 2 aromatic heterocycles. The average molecular weight is 555 g/mol. The van der Waals surface area contributed by atoms with Crippen molar-refractivity contribution in [1.29, 1.82) is 0 Å². The summed E-state index contributed by atoms with van der Waals surface area (Å²) in [5, 5.41) is 7.00. The van der Waals surface area contributed by atoms with Crippen LogP contribution in [0.2, 0.25) is 0 Å². The second kappa shape index (κ2) is 10.3. The molecule has 0 saturated carbocycles. The molecule has 0 radical (unpaired) electrons. The first kappa shape index (κ1) is 25.5. The SMILES string of the molecule is C=CC(=O)N1CCC2(C1)CN(C(=O)c1cc(Sc3cnc(NC(=O)c4ccsc4)s3)c(C)cc1OC)C2. The van der Waals surface area contributed by atoms with Gasteiger partial charge in [0.05, 0.1) is 28.6 Å². The fraction of sp³-hybridized carbons (Fsp3) is 0.308. The number of carbonyl (C=O) groups excluding carboxylic acids is 3. The van der Waals surface area contributed by atoms with Crippen LogP contribution in [0, 0.1) is 12.3 Å². The van der Waals surface area contributed by atoms with Crippen molar-refractivity contribution >= 4 is 57.3 Å². The summed E-state index contributed by atoms with van der Waals surface area (Å²) in [6, 6.07) is 5.52. The van der Waals surface area contributed by atoms with E-state index in [1.165, 1.54) is 40.5 Å². The zero-order chi connectivity index (χ0) is 26.2. The van der Waals surface area contributed by atoms with Crippen molar-refractivity contribution in [2.24, 2.45) is 5.41 Å². The van der Waals surface area contributed by atoms with Crippen LogP contribution in [0.4, 0.5) is 5.13 Å². The molecule has 0 unspecified atom stereocenters. The van der Waals surface area contributed by atoms with E-state index < -0.39 is 0 Å². The average Bonchev–Trinajstić information content (AvgIpc) is 3.64. The van der Waals surface area contributed by atoms with Crippen molar-refractivity contribution < 1.29 is 19.1 Å². The number of carbonyl (C=O) groups is 3. The normalized spacial score (nSPS) is 15.9. The molecule has 1 N–H and O–H groups in total. The minimum absolute atomic E-state index is 0.0314. The molecule has 2 aliphatic heterocycles. The number of nitrogens with one attached hydrogen (secondary N) is 1. The third-order valence-corrected chi connectivity index (χ3v) is 9.55. The standard InChI is InChI=1S/C26H26N4O4S3/c1-4-21(31)29-7-6-26(13-29)14-30(15-26)24(33)18-10-20(16(2)9-19(18)34-3)36-22-11-27-25(37-22)28-23(32)17-5-8-35-12-17/h4-5,8-12H,1,6-7,13-15H2,2-3H3,(H,27,28,32). The van der Waals surface area contributed by atoms with E-state index >= 15 is 0 Å². The molecule has 0 atom stereocenters. The lowest BCUT2D eigenvalue weighted by Crippen LogP contribution is -2.59. The van der Waals surface area contributed by atoms with E-state index in [1.807, 2.05) is 34.2 Å². The van der Waals surface area contributed by atoms with Gasteiger partial charge in [-0.3, -0.25) is 19.7 Å². The number of aromatic nitrogens is 1. The first-order chi connectivity index (χ1) is 17.8. The minimum atomic E-state index is -0.188. The molecular weight excluding hydrogens is 529 g/mol. The van der Waals surface area contributed by atoms with Gasteiger partial charge in [-0.05, 0) is 48.6 Å². The molecule has 3 aromatic rings. The molecule has 8 nitrogen and oxygen atoms in total. The summed E-state index contributed by atoms with van der Waals surface area (Å²) in [6.45, 7) is 8.15. The van der Waals surface area contributed by atoms with Gasteiger partial charge < -0.3 is 14.5 Å². The highest BCUT2D eigenvalue weighted by Gasteiger charge is 2.50. The lowest BCUT2D eigenvalue weighted by Gasteiger charge is -2.48. The minimum Gasteiger partial charge on any atom is -0.496 e. The Hall–Kier alpha value is -3.15. The predicted molar refractivity (Wildman–Crippen MR) is 146 cm³/mol. The second-order valence-corrected chi connectivity index (χ2v) is 12.4. The van der Waals surface area contributed by atoms with Gasteiger partial charge in [0, 0.05) is 41.9 Å². The van der Waals surface area contributed by atoms with E-state index in [0.29, 0.717) is 48.2 Å². The Morgan fingerprint density at radius 2 is 2.03 bits per heavy atom. The van der Waals surface area contributed by atoms with Gasteiger partial charge in [0.2, 0.25) is 5.91 Å².